The number of anilines is 1. The lowest BCUT2D eigenvalue weighted by Gasteiger charge is -2.18. The van der Waals surface area contributed by atoms with E-state index >= 15 is 0 Å². The van der Waals surface area contributed by atoms with E-state index in [9.17, 15) is 8.42 Å². The molecule has 2 rings (SSSR count). The fourth-order valence-electron chi connectivity index (χ4n) is 2.91. The summed E-state index contributed by atoms with van der Waals surface area (Å²) in [6.45, 7) is 2.27. The van der Waals surface area contributed by atoms with Crippen molar-refractivity contribution >= 4 is 15.7 Å². The van der Waals surface area contributed by atoms with Gasteiger partial charge in [0.1, 0.15) is 0 Å². The summed E-state index contributed by atoms with van der Waals surface area (Å²) in [6.07, 6.45) is 7.53. The van der Waals surface area contributed by atoms with Gasteiger partial charge in [-0.1, -0.05) is 26.2 Å². The summed E-state index contributed by atoms with van der Waals surface area (Å²) in [5.41, 5.74) is 0.970. The predicted molar refractivity (Wildman–Crippen MR) is 82.1 cm³/mol. The summed E-state index contributed by atoms with van der Waals surface area (Å²) in [5, 5.41) is 8.60. The monoisotopic (exact) mass is 296 g/mol. The van der Waals surface area contributed by atoms with E-state index in [1.54, 1.807) is 24.3 Å². The van der Waals surface area contributed by atoms with Crippen molar-refractivity contribution in [3.8, 4) is 0 Å². The highest BCUT2D eigenvalue weighted by atomic mass is 32.2. The van der Waals surface area contributed by atoms with Crippen molar-refractivity contribution < 1.29 is 8.42 Å². The highest BCUT2D eigenvalue weighted by molar-refractivity contribution is 7.89. The average molecular weight is 296 g/mol. The topological polar surface area (TPSA) is 72.2 Å². The van der Waals surface area contributed by atoms with E-state index in [1.165, 1.54) is 38.5 Å². The molecule has 0 amide bonds. The molecule has 0 spiro atoms. The van der Waals surface area contributed by atoms with Gasteiger partial charge in [0.2, 0.25) is 10.0 Å². The van der Waals surface area contributed by atoms with Gasteiger partial charge in [-0.05, 0) is 49.4 Å². The molecule has 20 heavy (non-hydrogen) atoms. The van der Waals surface area contributed by atoms with E-state index in [4.69, 9.17) is 5.14 Å². The zero-order valence-electron chi connectivity index (χ0n) is 12.0. The molecule has 3 N–H and O–H groups in total. The molecule has 1 fully saturated rings. The summed E-state index contributed by atoms with van der Waals surface area (Å²) in [7, 11) is -3.60. The molecule has 1 aliphatic rings. The second-order valence-electron chi connectivity index (χ2n) is 5.69. The molecule has 0 heterocycles. The van der Waals surface area contributed by atoms with E-state index in [2.05, 4.69) is 12.2 Å². The SMILES string of the molecule is CCC1CCCC(Nc2ccc(S(N)(=O)=O)cc2)CC1. The highest BCUT2D eigenvalue weighted by Gasteiger charge is 2.17. The molecule has 1 aromatic carbocycles. The second-order valence-corrected chi connectivity index (χ2v) is 7.25. The molecule has 1 aromatic rings. The van der Waals surface area contributed by atoms with Crippen LogP contribution in [0.3, 0.4) is 0 Å². The number of nitrogens with one attached hydrogen (secondary N) is 1. The van der Waals surface area contributed by atoms with Gasteiger partial charge in [-0.2, -0.15) is 0 Å². The maximum atomic E-state index is 11.2. The smallest absolute Gasteiger partial charge is 0.238 e. The third-order valence-corrected chi connectivity index (χ3v) is 5.15. The maximum Gasteiger partial charge on any atom is 0.238 e. The minimum atomic E-state index is -3.60. The lowest BCUT2D eigenvalue weighted by atomic mass is 9.98. The van der Waals surface area contributed by atoms with Crippen LogP contribution >= 0.6 is 0 Å². The van der Waals surface area contributed by atoms with Crippen molar-refractivity contribution in [2.45, 2.75) is 56.4 Å². The predicted octanol–water partition coefficient (Wildman–Crippen LogP) is 3.10. The van der Waals surface area contributed by atoms with Crippen molar-refractivity contribution in [3.05, 3.63) is 24.3 Å². The number of benzene rings is 1. The fourth-order valence-corrected chi connectivity index (χ4v) is 3.42. The molecule has 0 bridgehead atoms. The Morgan fingerprint density at radius 3 is 2.45 bits per heavy atom. The van der Waals surface area contributed by atoms with Crippen LogP contribution in [0.1, 0.15) is 45.4 Å². The van der Waals surface area contributed by atoms with Crippen LogP contribution in [0.25, 0.3) is 0 Å². The maximum absolute atomic E-state index is 11.2. The van der Waals surface area contributed by atoms with E-state index in [-0.39, 0.29) is 4.90 Å². The molecule has 2 unspecified atom stereocenters. The molecule has 5 heteroatoms. The molecule has 0 aliphatic heterocycles. The van der Waals surface area contributed by atoms with Crippen LogP contribution in [0.4, 0.5) is 5.69 Å². The first-order valence-corrected chi connectivity index (χ1v) is 8.93. The van der Waals surface area contributed by atoms with Crippen molar-refractivity contribution in [2.75, 3.05) is 5.32 Å². The van der Waals surface area contributed by atoms with Crippen LogP contribution in [0.5, 0.6) is 0 Å². The molecule has 0 saturated heterocycles. The van der Waals surface area contributed by atoms with Gasteiger partial charge in [-0.15, -0.1) is 0 Å². The van der Waals surface area contributed by atoms with Gasteiger partial charge in [-0.3, -0.25) is 0 Å². The Morgan fingerprint density at radius 2 is 1.85 bits per heavy atom. The number of sulfonamides is 1. The third-order valence-electron chi connectivity index (χ3n) is 4.22. The standard InChI is InChI=1S/C15H24N2O2S/c1-2-12-4-3-5-13(7-6-12)17-14-8-10-15(11-9-14)20(16,18)19/h8-13,17H,2-7H2,1H3,(H2,16,18,19). The average Bonchev–Trinajstić information content (AvgIpc) is 2.63. The lowest BCUT2D eigenvalue weighted by molar-refractivity contribution is 0.444. The highest BCUT2D eigenvalue weighted by Crippen LogP contribution is 2.27. The number of nitrogens with two attached hydrogens (primary N) is 1. The van der Waals surface area contributed by atoms with E-state index in [1.807, 2.05) is 0 Å². The summed E-state index contributed by atoms with van der Waals surface area (Å²) >= 11 is 0. The Morgan fingerprint density at radius 1 is 1.15 bits per heavy atom. The number of hydrogen-bond donors (Lipinski definition) is 2. The quantitative estimate of drug-likeness (QED) is 0.839. The van der Waals surface area contributed by atoms with Crippen LogP contribution in [0.15, 0.2) is 29.2 Å². The van der Waals surface area contributed by atoms with Crippen molar-refractivity contribution in [1.29, 1.82) is 0 Å². The van der Waals surface area contributed by atoms with Crippen molar-refractivity contribution in [2.24, 2.45) is 11.1 Å². The summed E-state index contributed by atoms with van der Waals surface area (Å²) in [5.74, 6) is 0.867. The third kappa shape index (κ3) is 4.21. The molecule has 2 atom stereocenters. The Balaban J connectivity index is 1.96. The Bertz CT molecular complexity index is 525. The molecule has 0 radical (unpaired) electrons. The van der Waals surface area contributed by atoms with E-state index < -0.39 is 10.0 Å². The van der Waals surface area contributed by atoms with Crippen LogP contribution < -0.4 is 10.5 Å². The fraction of sp³-hybridized carbons (Fsp3) is 0.600. The summed E-state index contributed by atoms with van der Waals surface area (Å²) in [4.78, 5) is 0.162. The first kappa shape index (κ1) is 15.3. The van der Waals surface area contributed by atoms with Crippen LogP contribution in [-0.2, 0) is 10.0 Å². The van der Waals surface area contributed by atoms with E-state index in [0.717, 1.165) is 11.6 Å². The van der Waals surface area contributed by atoms with Crippen molar-refractivity contribution in [1.82, 2.24) is 0 Å². The Kier molecular flexibility index (Phi) is 5.05. The lowest BCUT2D eigenvalue weighted by Crippen LogP contribution is -2.18. The number of hydrogen-bond acceptors (Lipinski definition) is 3. The first-order valence-electron chi connectivity index (χ1n) is 7.38. The first-order chi connectivity index (χ1) is 9.49. The Labute approximate surface area is 121 Å². The zero-order valence-corrected chi connectivity index (χ0v) is 12.8. The molecule has 1 saturated carbocycles. The largest absolute Gasteiger partial charge is 0.382 e. The number of primary sulfonamides is 1. The van der Waals surface area contributed by atoms with Gasteiger partial charge in [0.15, 0.2) is 0 Å². The summed E-state index contributed by atoms with van der Waals surface area (Å²) in [6, 6.07) is 7.20. The molecule has 112 valence electrons. The minimum absolute atomic E-state index is 0.162. The second kappa shape index (κ2) is 6.59. The minimum Gasteiger partial charge on any atom is -0.382 e. The van der Waals surface area contributed by atoms with Gasteiger partial charge in [0, 0.05) is 11.7 Å². The van der Waals surface area contributed by atoms with Crippen LogP contribution in [0.2, 0.25) is 0 Å². The normalized spacial score (nSPS) is 24.1. The molecule has 4 nitrogen and oxygen atoms in total. The summed E-state index contributed by atoms with van der Waals surface area (Å²) < 4.78 is 22.4. The van der Waals surface area contributed by atoms with Gasteiger partial charge in [-0.25, -0.2) is 13.6 Å². The van der Waals surface area contributed by atoms with Crippen LogP contribution in [0, 0.1) is 5.92 Å². The van der Waals surface area contributed by atoms with Gasteiger partial charge in [0.25, 0.3) is 0 Å². The van der Waals surface area contributed by atoms with Crippen molar-refractivity contribution in [3.63, 3.8) is 0 Å². The Hall–Kier alpha value is -1.07. The van der Waals surface area contributed by atoms with E-state index in [0.29, 0.717) is 6.04 Å². The van der Waals surface area contributed by atoms with Crippen LogP contribution in [-0.4, -0.2) is 14.5 Å². The molecule has 0 aromatic heterocycles. The molecule has 1 aliphatic carbocycles. The number of rotatable bonds is 4. The molecular formula is C15H24N2O2S. The van der Waals surface area contributed by atoms with Gasteiger partial charge < -0.3 is 5.32 Å². The van der Waals surface area contributed by atoms with Gasteiger partial charge in [0.05, 0.1) is 4.90 Å². The zero-order chi connectivity index (χ0) is 14.6. The van der Waals surface area contributed by atoms with Gasteiger partial charge >= 0.3 is 0 Å². The molecular weight excluding hydrogens is 272 g/mol.